The number of esters is 1. The number of rotatable bonds is 4. The molecule has 0 unspecified atom stereocenters. The number of carbonyl (C=O) groups is 5. The topological polar surface area (TPSA) is 182 Å². The highest BCUT2D eigenvalue weighted by Crippen LogP contribution is 2.25. The number of methoxy groups -OCH3 is 2. The molecule has 13 heteroatoms. The second-order valence-corrected chi connectivity index (χ2v) is 8.22. The number of aromatic nitrogens is 1. The molecule has 0 saturated heterocycles. The third-order valence-electron chi connectivity index (χ3n) is 5.34. The number of fused-ring (bicyclic) bond motifs is 1. The van der Waals surface area contributed by atoms with E-state index in [0.717, 1.165) is 6.92 Å². The number of aliphatic carboxylic acids is 1. The van der Waals surface area contributed by atoms with Gasteiger partial charge in [-0.05, 0) is 43.5 Å². The molecule has 0 fully saturated rings. The molecule has 2 heterocycles. The molecule has 3 amide bonds. The van der Waals surface area contributed by atoms with Crippen molar-refractivity contribution in [2.75, 3.05) is 33.9 Å². The van der Waals surface area contributed by atoms with Gasteiger partial charge in [-0.1, -0.05) is 0 Å². The van der Waals surface area contributed by atoms with E-state index in [2.05, 4.69) is 25.7 Å². The molecule has 2 aromatic rings. The van der Waals surface area contributed by atoms with Crippen LogP contribution in [0.15, 0.2) is 36.5 Å². The van der Waals surface area contributed by atoms with Crippen molar-refractivity contribution >= 4 is 29.7 Å². The lowest BCUT2D eigenvalue weighted by Crippen LogP contribution is -2.47. The Morgan fingerprint density at radius 1 is 1.08 bits per heavy atom. The van der Waals surface area contributed by atoms with Crippen molar-refractivity contribution in [3.05, 3.63) is 53.3 Å². The molecule has 0 radical (unpaired) electrons. The molecule has 0 aliphatic carbocycles. The van der Waals surface area contributed by atoms with Crippen LogP contribution in [-0.2, 0) is 14.3 Å². The van der Waals surface area contributed by atoms with E-state index in [0.29, 0.717) is 42.9 Å². The number of benzene rings is 1. The van der Waals surface area contributed by atoms with Gasteiger partial charge in [-0.15, -0.1) is 0 Å². The van der Waals surface area contributed by atoms with Gasteiger partial charge in [0.2, 0.25) is 5.91 Å². The second kappa shape index (κ2) is 15.5. The monoisotopic (exact) mass is 544 g/mol. The van der Waals surface area contributed by atoms with Crippen LogP contribution in [0.1, 0.15) is 57.4 Å². The SMILES string of the molecule is CC(=O)O.COC(=O)c1ccc(C(=O)N[C@H]2CCCCNC(=O)c3ccc(OC)cc3OCCNC2=O)nc1. The van der Waals surface area contributed by atoms with Gasteiger partial charge in [-0.3, -0.25) is 24.2 Å². The number of carboxylic acids is 1. The summed E-state index contributed by atoms with van der Waals surface area (Å²) in [4.78, 5) is 62.6. The number of carboxylic acid groups (broad SMARTS) is 1. The van der Waals surface area contributed by atoms with Crippen LogP contribution in [0.4, 0.5) is 0 Å². The summed E-state index contributed by atoms with van der Waals surface area (Å²) >= 11 is 0. The van der Waals surface area contributed by atoms with E-state index >= 15 is 0 Å². The minimum atomic E-state index is -0.833. The first-order chi connectivity index (χ1) is 18.7. The fourth-order valence-corrected chi connectivity index (χ4v) is 3.43. The summed E-state index contributed by atoms with van der Waals surface area (Å²) in [5.74, 6) is -1.69. The zero-order chi connectivity index (χ0) is 28.8. The van der Waals surface area contributed by atoms with Crippen LogP contribution in [0.5, 0.6) is 11.5 Å². The molecule has 13 nitrogen and oxygen atoms in total. The Balaban J connectivity index is 0.00000124. The lowest BCUT2D eigenvalue weighted by atomic mass is 10.1. The molecule has 1 aliphatic heterocycles. The smallest absolute Gasteiger partial charge is 0.339 e. The van der Waals surface area contributed by atoms with Gasteiger partial charge in [0.05, 0.1) is 31.9 Å². The van der Waals surface area contributed by atoms with Crippen LogP contribution in [0.3, 0.4) is 0 Å². The largest absolute Gasteiger partial charge is 0.497 e. The van der Waals surface area contributed by atoms with Crippen molar-refractivity contribution in [1.82, 2.24) is 20.9 Å². The number of hydrogen-bond acceptors (Lipinski definition) is 9. The van der Waals surface area contributed by atoms with Crippen molar-refractivity contribution in [3.8, 4) is 11.5 Å². The first-order valence-corrected chi connectivity index (χ1v) is 12.1. The van der Waals surface area contributed by atoms with E-state index in [4.69, 9.17) is 19.4 Å². The molecule has 1 aromatic heterocycles. The van der Waals surface area contributed by atoms with Crippen LogP contribution in [0, 0.1) is 0 Å². The molecule has 0 bridgehead atoms. The highest BCUT2D eigenvalue weighted by Gasteiger charge is 2.22. The summed E-state index contributed by atoms with van der Waals surface area (Å²) in [5.41, 5.74) is 0.650. The van der Waals surface area contributed by atoms with E-state index in [1.54, 1.807) is 18.2 Å². The van der Waals surface area contributed by atoms with Crippen LogP contribution in [0.25, 0.3) is 0 Å². The Hall–Kier alpha value is -4.68. The van der Waals surface area contributed by atoms with Gasteiger partial charge in [0.15, 0.2) is 0 Å². The molecule has 4 N–H and O–H groups in total. The lowest BCUT2D eigenvalue weighted by molar-refractivity contribution is -0.134. The average molecular weight is 545 g/mol. The molecule has 39 heavy (non-hydrogen) atoms. The zero-order valence-corrected chi connectivity index (χ0v) is 21.9. The summed E-state index contributed by atoms with van der Waals surface area (Å²) < 4.78 is 15.6. The quantitative estimate of drug-likeness (QED) is 0.408. The van der Waals surface area contributed by atoms with Crippen molar-refractivity contribution in [1.29, 1.82) is 0 Å². The lowest BCUT2D eigenvalue weighted by Gasteiger charge is -2.20. The average Bonchev–Trinajstić information content (AvgIpc) is 2.92. The van der Waals surface area contributed by atoms with Crippen molar-refractivity contribution in [2.24, 2.45) is 0 Å². The third kappa shape index (κ3) is 9.95. The minimum absolute atomic E-state index is 0.0611. The standard InChI is InChI=1S/C24H28N4O7.C2H4O2/c1-33-16-7-8-17-20(13-16)35-12-11-26-22(30)19(5-3-4-10-25-21(17)29)28-23(31)18-9-6-15(14-27-18)24(32)34-2;1-2(3)4/h6-9,13-14,19H,3-5,10-12H2,1-2H3,(H,25,29)(H,26,30)(H,28,31);1H3,(H,3,4)/t19-;/m0./s1. The normalized spacial score (nSPS) is 15.8. The molecular formula is C26H32N4O9. The first kappa shape index (κ1) is 30.5. The van der Waals surface area contributed by atoms with Gasteiger partial charge in [-0.2, -0.15) is 0 Å². The number of amides is 3. The Bertz CT molecular complexity index is 1160. The highest BCUT2D eigenvalue weighted by molar-refractivity contribution is 5.98. The van der Waals surface area contributed by atoms with Crippen LogP contribution in [0.2, 0.25) is 0 Å². The van der Waals surface area contributed by atoms with Gasteiger partial charge >= 0.3 is 5.97 Å². The Labute approximate surface area is 225 Å². The summed E-state index contributed by atoms with van der Waals surface area (Å²) in [6.07, 6.45) is 2.78. The molecular weight excluding hydrogens is 512 g/mol. The number of carbonyl (C=O) groups excluding carboxylic acids is 4. The first-order valence-electron chi connectivity index (χ1n) is 12.1. The highest BCUT2D eigenvalue weighted by atomic mass is 16.5. The van der Waals surface area contributed by atoms with Crippen molar-refractivity contribution < 1.29 is 43.3 Å². The number of nitrogens with zero attached hydrogens (tertiary/aromatic N) is 1. The van der Waals surface area contributed by atoms with E-state index in [9.17, 15) is 19.2 Å². The van der Waals surface area contributed by atoms with Gasteiger partial charge in [0.25, 0.3) is 17.8 Å². The molecule has 0 saturated carbocycles. The fourth-order valence-electron chi connectivity index (χ4n) is 3.43. The van der Waals surface area contributed by atoms with Gasteiger partial charge in [-0.25, -0.2) is 4.79 Å². The number of hydrogen-bond donors (Lipinski definition) is 4. The van der Waals surface area contributed by atoms with Gasteiger partial charge < -0.3 is 35.3 Å². The van der Waals surface area contributed by atoms with E-state index in [1.807, 2.05) is 0 Å². The molecule has 0 spiro atoms. The second-order valence-electron chi connectivity index (χ2n) is 8.22. The fraction of sp³-hybridized carbons (Fsp3) is 0.385. The number of pyridine rings is 1. The van der Waals surface area contributed by atoms with E-state index < -0.39 is 23.9 Å². The molecule has 1 atom stereocenters. The predicted octanol–water partition coefficient (Wildman–Crippen LogP) is 1.18. The predicted molar refractivity (Wildman–Crippen MR) is 138 cm³/mol. The Morgan fingerprint density at radius 3 is 2.46 bits per heavy atom. The summed E-state index contributed by atoms with van der Waals surface area (Å²) in [5, 5.41) is 15.7. The van der Waals surface area contributed by atoms with E-state index in [-0.39, 0.29) is 36.2 Å². The zero-order valence-electron chi connectivity index (χ0n) is 21.9. The molecule has 1 aromatic carbocycles. The number of ether oxygens (including phenoxy) is 3. The van der Waals surface area contributed by atoms with Crippen LogP contribution in [-0.4, -0.2) is 79.7 Å². The molecule has 210 valence electrons. The Kier molecular flexibility index (Phi) is 12.2. The molecule has 1 aliphatic rings. The summed E-state index contributed by atoms with van der Waals surface area (Å²) in [6.45, 7) is 1.75. The Morgan fingerprint density at radius 2 is 1.82 bits per heavy atom. The maximum Gasteiger partial charge on any atom is 0.339 e. The van der Waals surface area contributed by atoms with Crippen molar-refractivity contribution in [2.45, 2.75) is 32.2 Å². The third-order valence-corrected chi connectivity index (χ3v) is 5.34. The van der Waals surface area contributed by atoms with Gasteiger partial charge in [0.1, 0.15) is 29.8 Å². The van der Waals surface area contributed by atoms with Gasteiger partial charge in [0, 0.05) is 25.7 Å². The summed E-state index contributed by atoms with van der Waals surface area (Å²) in [6, 6.07) is 6.93. The minimum Gasteiger partial charge on any atom is -0.497 e. The van der Waals surface area contributed by atoms with Crippen LogP contribution < -0.4 is 25.4 Å². The van der Waals surface area contributed by atoms with Crippen molar-refractivity contribution in [3.63, 3.8) is 0 Å². The summed E-state index contributed by atoms with van der Waals surface area (Å²) in [7, 11) is 2.77. The van der Waals surface area contributed by atoms with Crippen LogP contribution >= 0.6 is 0 Å². The maximum atomic E-state index is 12.8. The maximum absolute atomic E-state index is 12.8. The number of nitrogens with one attached hydrogen (secondary N) is 3. The van der Waals surface area contributed by atoms with E-state index in [1.165, 1.54) is 32.5 Å². The molecule has 3 rings (SSSR count).